The van der Waals surface area contributed by atoms with Gasteiger partial charge < -0.3 is 20.0 Å². The zero-order valence-corrected chi connectivity index (χ0v) is 17.6. The molecule has 0 spiro atoms. The number of hydrogen-bond acceptors (Lipinski definition) is 4. The van der Waals surface area contributed by atoms with E-state index in [0.29, 0.717) is 13.0 Å². The lowest BCUT2D eigenvalue weighted by Gasteiger charge is -2.35. The summed E-state index contributed by atoms with van der Waals surface area (Å²) in [5, 5.41) is 3.43. The van der Waals surface area contributed by atoms with E-state index in [0.717, 1.165) is 62.9 Å². The summed E-state index contributed by atoms with van der Waals surface area (Å²) in [6.07, 6.45) is 7.82. The molecule has 0 radical (unpaired) electrons. The van der Waals surface area contributed by atoms with E-state index in [1.807, 2.05) is 36.3 Å². The van der Waals surface area contributed by atoms with Gasteiger partial charge in [0.05, 0.1) is 0 Å². The van der Waals surface area contributed by atoms with Crippen LogP contribution >= 0.6 is 0 Å². The zero-order valence-electron chi connectivity index (χ0n) is 17.6. The number of aromatic nitrogens is 1. The quantitative estimate of drug-likeness (QED) is 0.619. The highest BCUT2D eigenvalue weighted by molar-refractivity contribution is 5.81. The summed E-state index contributed by atoms with van der Waals surface area (Å²) in [7, 11) is 1.85. The summed E-state index contributed by atoms with van der Waals surface area (Å²) in [6.45, 7) is 6.10. The topological polar surface area (TPSA) is 64.1 Å². The number of hydrogen-bond donors (Lipinski definition) is 1. The van der Waals surface area contributed by atoms with Gasteiger partial charge in [-0.15, -0.1) is 0 Å². The fraction of sp³-hybridized carbons (Fsp3) is 0.682. The molecule has 1 aliphatic carbocycles. The molecule has 1 aromatic rings. The molecule has 1 aromatic heterocycles. The van der Waals surface area contributed by atoms with Crippen molar-refractivity contribution >= 4 is 17.7 Å². The molecule has 0 bridgehead atoms. The number of amides is 1. The lowest BCUT2D eigenvalue weighted by Crippen LogP contribution is -2.49. The number of guanidine groups is 1. The first-order valence-electron chi connectivity index (χ1n) is 11.1. The maximum absolute atomic E-state index is 12.6. The van der Waals surface area contributed by atoms with Gasteiger partial charge >= 0.3 is 0 Å². The van der Waals surface area contributed by atoms with E-state index in [2.05, 4.69) is 25.1 Å². The minimum Gasteiger partial charge on any atom is -0.356 e. The van der Waals surface area contributed by atoms with Crippen LogP contribution in [0.15, 0.2) is 29.4 Å². The Morgan fingerprint density at radius 2 is 1.83 bits per heavy atom. The molecule has 1 saturated carbocycles. The molecule has 0 aromatic carbocycles. The maximum Gasteiger partial charge on any atom is 0.224 e. The zero-order chi connectivity index (χ0) is 20.1. The Bertz CT molecular complexity index is 687. The molecule has 2 aliphatic heterocycles. The molecular formula is C22H34N6O. The number of carbonyl (C=O) groups is 1. The van der Waals surface area contributed by atoms with Crippen LogP contribution in [0, 0.1) is 11.8 Å². The van der Waals surface area contributed by atoms with Gasteiger partial charge in [0, 0.05) is 65.5 Å². The average Bonchev–Trinajstić information content (AvgIpc) is 3.21. The van der Waals surface area contributed by atoms with Crippen LogP contribution in [0.25, 0.3) is 0 Å². The first-order valence-corrected chi connectivity index (χ1v) is 11.1. The highest BCUT2D eigenvalue weighted by atomic mass is 16.2. The van der Waals surface area contributed by atoms with Crippen molar-refractivity contribution in [3.8, 4) is 0 Å². The van der Waals surface area contributed by atoms with Gasteiger partial charge in [0.2, 0.25) is 5.91 Å². The van der Waals surface area contributed by atoms with Crippen LogP contribution in [-0.4, -0.2) is 79.5 Å². The van der Waals surface area contributed by atoms with E-state index >= 15 is 0 Å². The molecule has 7 heteroatoms. The molecule has 4 rings (SSSR count). The lowest BCUT2D eigenvalue weighted by molar-refractivity contribution is -0.131. The van der Waals surface area contributed by atoms with Gasteiger partial charge in [-0.05, 0) is 36.8 Å². The van der Waals surface area contributed by atoms with Gasteiger partial charge in [0.15, 0.2) is 5.96 Å². The van der Waals surface area contributed by atoms with Gasteiger partial charge in [-0.25, -0.2) is 4.98 Å². The van der Waals surface area contributed by atoms with Crippen molar-refractivity contribution in [2.45, 2.75) is 32.1 Å². The first kappa shape index (κ1) is 20.0. The third-order valence-electron chi connectivity index (χ3n) is 6.72. The standard InChI is InChI=1S/C22H34N6O/c1-23-22(28-16-18-6-2-3-7-19(18)17-28)25-11-9-21(29)27-14-12-26(13-15-27)20-8-4-5-10-24-20/h4-5,8,10,18-19H,2-3,6-7,9,11-17H2,1H3,(H,23,25). The van der Waals surface area contributed by atoms with E-state index < -0.39 is 0 Å². The Morgan fingerprint density at radius 1 is 1.10 bits per heavy atom. The predicted octanol–water partition coefficient (Wildman–Crippen LogP) is 1.82. The lowest BCUT2D eigenvalue weighted by atomic mass is 9.82. The highest BCUT2D eigenvalue weighted by Gasteiger charge is 2.35. The summed E-state index contributed by atoms with van der Waals surface area (Å²) in [6, 6.07) is 5.97. The molecule has 2 atom stereocenters. The number of fused-ring (bicyclic) bond motifs is 1. The monoisotopic (exact) mass is 398 g/mol. The van der Waals surface area contributed by atoms with Crippen LogP contribution in [0.5, 0.6) is 0 Å². The Labute approximate surface area is 174 Å². The Hall–Kier alpha value is -2.31. The molecule has 7 nitrogen and oxygen atoms in total. The maximum atomic E-state index is 12.6. The van der Waals surface area contributed by atoms with Crippen LogP contribution in [0.1, 0.15) is 32.1 Å². The molecule has 3 fully saturated rings. The van der Waals surface area contributed by atoms with Crippen molar-refractivity contribution in [1.82, 2.24) is 20.1 Å². The second kappa shape index (κ2) is 9.46. The number of nitrogens with zero attached hydrogens (tertiary/aromatic N) is 5. The summed E-state index contributed by atoms with van der Waals surface area (Å²) in [4.78, 5) is 28.1. The number of piperazine rings is 1. The SMILES string of the molecule is CN=C(NCCC(=O)N1CCN(c2ccccn2)CC1)N1CC2CCCCC2C1. The van der Waals surface area contributed by atoms with Crippen molar-refractivity contribution in [2.75, 3.05) is 57.8 Å². The third kappa shape index (κ3) is 4.82. The fourth-order valence-electron chi connectivity index (χ4n) is 5.08. The van der Waals surface area contributed by atoms with Crippen LogP contribution < -0.4 is 10.2 Å². The molecule has 158 valence electrons. The molecule has 3 aliphatic rings. The van der Waals surface area contributed by atoms with E-state index in [1.165, 1.54) is 25.7 Å². The Kier molecular flexibility index (Phi) is 6.52. The normalized spacial score (nSPS) is 25.1. The van der Waals surface area contributed by atoms with Crippen LogP contribution in [0.4, 0.5) is 5.82 Å². The highest BCUT2D eigenvalue weighted by Crippen LogP contribution is 2.35. The second-order valence-corrected chi connectivity index (χ2v) is 8.49. The third-order valence-corrected chi connectivity index (χ3v) is 6.72. The van der Waals surface area contributed by atoms with Crippen LogP contribution in [0.3, 0.4) is 0 Å². The summed E-state index contributed by atoms with van der Waals surface area (Å²) in [5.41, 5.74) is 0. The molecule has 1 N–H and O–H groups in total. The predicted molar refractivity (Wildman–Crippen MR) is 116 cm³/mol. The molecule has 29 heavy (non-hydrogen) atoms. The molecule has 1 amide bonds. The Balaban J connectivity index is 1.19. The summed E-state index contributed by atoms with van der Waals surface area (Å²) in [5.74, 6) is 3.85. The number of rotatable bonds is 4. The van der Waals surface area contributed by atoms with Gasteiger partial charge in [0.25, 0.3) is 0 Å². The van der Waals surface area contributed by atoms with Crippen molar-refractivity contribution in [3.05, 3.63) is 24.4 Å². The average molecular weight is 399 g/mol. The molecule has 2 unspecified atom stereocenters. The van der Waals surface area contributed by atoms with E-state index in [9.17, 15) is 4.79 Å². The molecule has 3 heterocycles. The van der Waals surface area contributed by atoms with Gasteiger partial charge in [-0.3, -0.25) is 9.79 Å². The van der Waals surface area contributed by atoms with Gasteiger partial charge in [0.1, 0.15) is 5.82 Å². The van der Waals surface area contributed by atoms with E-state index in [-0.39, 0.29) is 5.91 Å². The number of anilines is 1. The van der Waals surface area contributed by atoms with Gasteiger partial charge in [-0.2, -0.15) is 0 Å². The van der Waals surface area contributed by atoms with Crippen molar-refractivity contribution in [1.29, 1.82) is 0 Å². The fourth-order valence-corrected chi connectivity index (χ4v) is 5.08. The number of pyridine rings is 1. The molecule has 2 saturated heterocycles. The molecular weight excluding hydrogens is 364 g/mol. The number of likely N-dealkylation sites (tertiary alicyclic amines) is 1. The Morgan fingerprint density at radius 3 is 2.45 bits per heavy atom. The second-order valence-electron chi connectivity index (χ2n) is 8.49. The smallest absolute Gasteiger partial charge is 0.224 e. The minimum atomic E-state index is 0.226. The summed E-state index contributed by atoms with van der Waals surface area (Å²) >= 11 is 0. The van der Waals surface area contributed by atoms with Crippen molar-refractivity contribution < 1.29 is 4.79 Å². The van der Waals surface area contributed by atoms with Crippen LogP contribution in [-0.2, 0) is 4.79 Å². The van der Waals surface area contributed by atoms with Crippen molar-refractivity contribution in [2.24, 2.45) is 16.8 Å². The first-order chi connectivity index (χ1) is 14.2. The van der Waals surface area contributed by atoms with E-state index in [4.69, 9.17) is 0 Å². The summed E-state index contributed by atoms with van der Waals surface area (Å²) < 4.78 is 0. The van der Waals surface area contributed by atoms with Crippen molar-refractivity contribution in [3.63, 3.8) is 0 Å². The van der Waals surface area contributed by atoms with Gasteiger partial charge in [-0.1, -0.05) is 18.9 Å². The number of nitrogens with one attached hydrogen (secondary N) is 1. The van der Waals surface area contributed by atoms with E-state index in [1.54, 1.807) is 0 Å². The van der Waals surface area contributed by atoms with Crippen LogP contribution in [0.2, 0.25) is 0 Å². The largest absolute Gasteiger partial charge is 0.356 e. The number of carbonyl (C=O) groups excluding carboxylic acids is 1. The number of aliphatic imine (C=N–C) groups is 1. The minimum absolute atomic E-state index is 0.226.